The van der Waals surface area contributed by atoms with Gasteiger partial charge in [0, 0.05) is 5.56 Å². The monoisotopic (exact) mass is 322 g/mol. The zero-order chi connectivity index (χ0) is 17.4. The first-order valence-electron chi connectivity index (χ1n) is 6.77. The largest absolute Gasteiger partial charge is 0.478 e. The number of hydrogen-bond donors (Lipinski definition) is 1. The molecule has 2 aromatic carbocycles. The molecule has 24 heavy (non-hydrogen) atoms. The number of hydrogen-bond acceptors (Lipinski definition) is 5. The molecule has 0 radical (unpaired) electrons. The number of nitrogens with one attached hydrogen (secondary N) is 1. The van der Waals surface area contributed by atoms with E-state index in [0.717, 1.165) is 6.07 Å². The average Bonchev–Trinajstić information content (AvgIpc) is 2.60. The maximum atomic E-state index is 13.7. The number of carbonyl (C=O) groups is 1. The Morgan fingerprint density at radius 3 is 2.79 bits per heavy atom. The highest BCUT2D eigenvalue weighted by Gasteiger charge is 2.11. The van der Waals surface area contributed by atoms with E-state index in [-0.39, 0.29) is 17.7 Å². The summed E-state index contributed by atoms with van der Waals surface area (Å²) in [4.78, 5) is 11.9. The van der Waals surface area contributed by atoms with Crippen LogP contribution in [0.1, 0.15) is 21.5 Å². The van der Waals surface area contributed by atoms with Crippen molar-refractivity contribution in [3.8, 4) is 17.9 Å². The van der Waals surface area contributed by atoms with Crippen LogP contribution in [0.5, 0.6) is 5.75 Å². The quantitative estimate of drug-likeness (QED) is 0.675. The van der Waals surface area contributed by atoms with E-state index in [4.69, 9.17) is 15.3 Å². The van der Waals surface area contributed by atoms with Crippen molar-refractivity contribution in [2.24, 2.45) is 5.10 Å². The van der Waals surface area contributed by atoms with Gasteiger partial charge < -0.3 is 4.74 Å². The molecule has 2 rings (SSSR count). The SMILES string of the molecule is N#CCOc1ccccc1/C=N\NC(=O)c1ccc(C#N)cc1F. The Hall–Kier alpha value is -3.71. The second kappa shape index (κ2) is 8.06. The van der Waals surface area contributed by atoms with Gasteiger partial charge >= 0.3 is 0 Å². The normalized spacial score (nSPS) is 9.96. The highest BCUT2D eigenvalue weighted by atomic mass is 19.1. The van der Waals surface area contributed by atoms with Crippen molar-refractivity contribution in [2.45, 2.75) is 0 Å². The molecule has 0 unspecified atom stereocenters. The van der Waals surface area contributed by atoms with E-state index in [1.54, 1.807) is 30.3 Å². The molecule has 0 atom stereocenters. The van der Waals surface area contributed by atoms with Crippen LogP contribution in [0.3, 0.4) is 0 Å². The maximum Gasteiger partial charge on any atom is 0.274 e. The number of rotatable bonds is 5. The molecule has 0 fully saturated rings. The summed E-state index contributed by atoms with van der Waals surface area (Å²) in [7, 11) is 0. The van der Waals surface area contributed by atoms with Crippen molar-refractivity contribution < 1.29 is 13.9 Å². The van der Waals surface area contributed by atoms with Gasteiger partial charge in [0.2, 0.25) is 0 Å². The van der Waals surface area contributed by atoms with Crippen molar-refractivity contribution in [1.82, 2.24) is 5.43 Å². The Kier molecular flexibility index (Phi) is 5.60. The zero-order valence-electron chi connectivity index (χ0n) is 12.4. The van der Waals surface area contributed by atoms with Gasteiger partial charge in [-0.05, 0) is 30.3 Å². The molecule has 0 aliphatic rings. The first-order valence-corrected chi connectivity index (χ1v) is 6.77. The van der Waals surface area contributed by atoms with E-state index in [9.17, 15) is 9.18 Å². The smallest absolute Gasteiger partial charge is 0.274 e. The summed E-state index contributed by atoms with van der Waals surface area (Å²) in [6.45, 7) is -0.117. The number of nitrogens with zero attached hydrogens (tertiary/aromatic N) is 3. The molecule has 0 heterocycles. The Morgan fingerprint density at radius 1 is 1.29 bits per heavy atom. The number of carbonyl (C=O) groups excluding carboxylic acids is 1. The molecule has 118 valence electrons. The number of benzene rings is 2. The van der Waals surface area contributed by atoms with E-state index in [1.807, 2.05) is 6.07 Å². The van der Waals surface area contributed by atoms with Gasteiger partial charge in [0.15, 0.2) is 6.61 Å². The molecule has 0 spiro atoms. The van der Waals surface area contributed by atoms with Crippen LogP contribution in [0.25, 0.3) is 0 Å². The second-order valence-corrected chi connectivity index (χ2v) is 4.49. The third kappa shape index (κ3) is 4.15. The van der Waals surface area contributed by atoms with Crippen molar-refractivity contribution in [3.63, 3.8) is 0 Å². The van der Waals surface area contributed by atoms with Gasteiger partial charge in [-0.25, -0.2) is 9.82 Å². The van der Waals surface area contributed by atoms with Crippen molar-refractivity contribution >= 4 is 12.1 Å². The molecule has 2 aromatic rings. The van der Waals surface area contributed by atoms with Crippen LogP contribution in [0.15, 0.2) is 47.6 Å². The van der Waals surface area contributed by atoms with Crippen LogP contribution in [0.4, 0.5) is 4.39 Å². The number of ether oxygens (including phenoxy) is 1. The molecule has 0 aromatic heterocycles. The Morgan fingerprint density at radius 2 is 2.08 bits per heavy atom. The van der Waals surface area contributed by atoms with Crippen LogP contribution in [0.2, 0.25) is 0 Å². The summed E-state index contributed by atoms with van der Waals surface area (Å²) in [6, 6.07) is 14.0. The highest BCUT2D eigenvalue weighted by molar-refractivity contribution is 5.95. The average molecular weight is 322 g/mol. The van der Waals surface area contributed by atoms with E-state index < -0.39 is 11.7 Å². The fourth-order valence-electron chi connectivity index (χ4n) is 1.82. The molecule has 0 aliphatic carbocycles. The van der Waals surface area contributed by atoms with E-state index in [0.29, 0.717) is 11.3 Å². The van der Waals surface area contributed by atoms with Crippen LogP contribution in [-0.2, 0) is 0 Å². The number of halogens is 1. The standard InChI is InChI=1S/C17H11FN4O2/c18-15-9-12(10-20)5-6-14(15)17(23)22-21-11-13-3-1-2-4-16(13)24-8-7-19/h1-6,9,11H,8H2,(H,22,23)/b21-11-. The summed E-state index contributed by atoms with van der Waals surface area (Å²) < 4.78 is 18.9. The van der Waals surface area contributed by atoms with Crippen LogP contribution in [0, 0.1) is 28.5 Å². The third-order valence-electron chi connectivity index (χ3n) is 2.92. The minimum absolute atomic E-state index is 0.117. The topological polar surface area (TPSA) is 98.3 Å². The lowest BCUT2D eigenvalue weighted by atomic mass is 10.1. The molecule has 6 nitrogen and oxygen atoms in total. The fourth-order valence-corrected chi connectivity index (χ4v) is 1.82. The molecule has 1 amide bonds. The van der Waals surface area contributed by atoms with Gasteiger partial charge in [-0.15, -0.1) is 0 Å². The third-order valence-corrected chi connectivity index (χ3v) is 2.92. The lowest BCUT2D eigenvalue weighted by Gasteiger charge is -2.05. The Labute approximate surface area is 137 Å². The van der Waals surface area contributed by atoms with E-state index >= 15 is 0 Å². The lowest BCUT2D eigenvalue weighted by molar-refractivity contribution is 0.0951. The zero-order valence-corrected chi connectivity index (χ0v) is 12.4. The summed E-state index contributed by atoms with van der Waals surface area (Å²) in [6.07, 6.45) is 1.33. The molecular formula is C17H11FN4O2. The fraction of sp³-hybridized carbons (Fsp3) is 0.0588. The summed E-state index contributed by atoms with van der Waals surface area (Å²) in [5.74, 6) is -1.12. The lowest BCUT2D eigenvalue weighted by Crippen LogP contribution is -2.19. The van der Waals surface area contributed by atoms with Crippen molar-refractivity contribution in [2.75, 3.05) is 6.61 Å². The van der Waals surface area contributed by atoms with Gasteiger partial charge in [0.05, 0.1) is 23.4 Å². The minimum atomic E-state index is -0.806. The molecule has 7 heteroatoms. The first-order chi connectivity index (χ1) is 11.7. The first kappa shape index (κ1) is 16.7. The molecular weight excluding hydrogens is 311 g/mol. The Bertz CT molecular complexity index is 866. The summed E-state index contributed by atoms with van der Waals surface area (Å²) in [5, 5.41) is 21.0. The molecule has 0 aliphatic heterocycles. The second-order valence-electron chi connectivity index (χ2n) is 4.49. The maximum absolute atomic E-state index is 13.7. The van der Waals surface area contributed by atoms with Gasteiger partial charge in [-0.2, -0.15) is 15.6 Å². The summed E-state index contributed by atoms with van der Waals surface area (Å²) in [5.41, 5.74) is 2.64. The number of para-hydroxylation sites is 1. The van der Waals surface area contributed by atoms with Crippen LogP contribution >= 0.6 is 0 Å². The minimum Gasteiger partial charge on any atom is -0.478 e. The van der Waals surface area contributed by atoms with Crippen molar-refractivity contribution in [1.29, 1.82) is 10.5 Å². The van der Waals surface area contributed by atoms with Gasteiger partial charge in [-0.1, -0.05) is 12.1 Å². The Balaban J connectivity index is 2.08. The highest BCUT2D eigenvalue weighted by Crippen LogP contribution is 2.15. The predicted molar refractivity (Wildman–Crippen MR) is 83.7 cm³/mol. The molecule has 0 saturated carbocycles. The van der Waals surface area contributed by atoms with Gasteiger partial charge in [0.1, 0.15) is 17.6 Å². The van der Waals surface area contributed by atoms with Gasteiger partial charge in [-0.3, -0.25) is 4.79 Å². The number of hydrazone groups is 1. The molecule has 0 saturated heterocycles. The van der Waals surface area contributed by atoms with Crippen LogP contribution in [-0.4, -0.2) is 18.7 Å². The van der Waals surface area contributed by atoms with Crippen molar-refractivity contribution in [3.05, 3.63) is 65.0 Å². The van der Waals surface area contributed by atoms with E-state index in [2.05, 4.69) is 10.5 Å². The van der Waals surface area contributed by atoms with Gasteiger partial charge in [0.25, 0.3) is 5.91 Å². The number of amides is 1. The summed E-state index contributed by atoms with van der Waals surface area (Å²) >= 11 is 0. The predicted octanol–water partition coefficient (Wildman–Crippen LogP) is 2.36. The van der Waals surface area contributed by atoms with Crippen LogP contribution < -0.4 is 10.2 Å². The molecule has 1 N–H and O–H groups in total. The number of nitriles is 2. The molecule has 0 bridgehead atoms. The van der Waals surface area contributed by atoms with E-state index in [1.165, 1.54) is 18.3 Å².